The first-order valence-electron chi connectivity index (χ1n) is 8.66. The van der Waals surface area contributed by atoms with Gasteiger partial charge >= 0.3 is 0 Å². The highest BCUT2D eigenvalue weighted by atomic mass is 32.1. The number of aromatic nitrogens is 3. The molecule has 0 aliphatic carbocycles. The third-order valence-corrected chi connectivity index (χ3v) is 6.33. The number of rotatable bonds is 4. The fourth-order valence-electron chi connectivity index (χ4n) is 3.17. The fraction of sp³-hybridized carbons (Fsp3) is 0.0500. The SMILES string of the molecule is CN(C1=CC(=O)NC1=O)c1nc(-c2ccncc2)nc2scc(-c3cccs3)c12. The fourth-order valence-corrected chi connectivity index (χ4v) is 4.93. The van der Waals surface area contributed by atoms with Gasteiger partial charge < -0.3 is 4.90 Å². The van der Waals surface area contributed by atoms with Crippen molar-refractivity contribution in [2.75, 3.05) is 11.9 Å². The molecule has 5 heterocycles. The molecule has 7 nitrogen and oxygen atoms in total. The summed E-state index contributed by atoms with van der Waals surface area (Å²) in [5, 5.41) is 7.20. The molecule has 0 radical (unpaired) electrons. The van der Waals surface area contributed by atoms with Crippen LogP contribution in [-0.2, 0) is 9.59 Å². The van der Waals surface area contributed by atoms with Crippen molar-refractivity contribution in [1.29, 1.82) is 0 Å². The summed E-state index contributed by atoms with van der Waals surface area (Å²) in [6.07, 6.45) is 4.66. The van der Waals surface area contributed by atoms with Crippen molar-refractivity contribution < 1.29 is 9.59 Å². The second-order valence-electron chi connectivity index (χ2n) is 6.32. The molecule has 142 valence electrons. The number of imide groups is 1. The lowest BCUT2D eigenvalue weighted by Crippen LogP contribution is -2.29. The molecule has 1 N–H and O–H groups in total. The van der Waals surface area contributed by atoms with E-state index in [4.69, 9.17) is 9.97 Å². The van der Waals surface area contributed by atoms with Gasteiger partial charge in [0.15, 0.2) is 5.82 Å². The summed E-state index contributed by atoms with van der Waals surface area (Å²) < 4.78 is 0. The van der Waals surface area contributed by atoms with Crippen molar-refractivity contribution in [3.63, 3.8) is 0 Å². The van der Waals surface area contributed by atoms with Crippen molar-refractivity contribution in [2.45, 2.75) is 0 Å². The Hall–Kier alpha value is -3.43. The van der Waals surface area contributed by atoms with Crippen molar-refractivity contribution in [3.05, 3.63) is 59.2 Å². The standard InChI is InChI=1S/C20H13N5O2S2/c1-25(13-9-15(26)22-19(13)27)18-16-12(14-3-2-8-28-14)10-29-20(16)24-17(23-18)11-4-6-21-7-5-11/h2-10H,1H3,(H,22,26,27). The molecule has 9 heteroatoms. The van der Waals surface area contributed by atoms with Crippen LogP contribution < -0.4 is 10.2 Å². The number of hydrogen-bond donors (Lipinski definition) is 1. The summed E-state index contributed by atoms with van der Waals surface area (Å²) in [7, 11) is 1.73. The Morgan fingerprint density at radius 1 is 1.07 bits per heavy atom. The average molecular weight is 419 g/mol. The van der Waals surface area contributed by atoms with Gasteiger partial charge in [-0.1, -0.05) is 6.07 Å². The van der Waals surface area contributed by atoms with Crippen LogP contribution in [0, 0.1) is 0 Å². The third kappa shape index (κ3) is 3.00. The van der Waals surface area contributed by atoms with Gasteiger partial charge in [-0.05, 0) is 23.6 Å². The van der Waals surface area contributed by atoms with E-state index in [9.17, 15) is 9.59 Å². The number of nitrogens with one attached hydrogen (secondary N) is 1. The first kappa shape index (κ1) is 17.7. The molecule has 2 amide bonds. The molecule has 0 unspecified atom stereocenters. The Morgan fingerprint density at radius 2 is 1.90 bits per heavy atom. The number of likely N-dealkylation sites (N-methyl/N-ethyl adjacent to an activating group) is 1. The van der Waals surface area contributed by atoms with Crippen LogP contribution in [0.15, 0.2) is 59.2 Å². The minimum absolute atomic E-state index is 0.249. The molecule has 1 aliphatic rings. The number of pyridine rings is 1. The summed E-state index contributed by atoms with van der Waals surface area (Å²) in [5.41, 5.74) is 2.08. The van der Waals surface area contributed by atoms with Gasteiger partial charge in [-0.25, -0.2) is 9.97 Å². The minimum Gasteiger partial charge on any atom is -0.324 e. The van der Waals surface area contributed by atoms with Crippen LogP contribution in [0.4, 0.5) is 5.82 Å². The summed E-state index contributed by atoms with van der Waals surface area (Å²) in [4.78, 5) is 41.1. The number of carbonyl (C=O) groups excluding carboxylic acids is 2. The molecule has 5 rings (SSSR count). The Bertz CT molecular complexity index is 1280. The van der Waals surface area contributed by atoms with Crippen molar-refractivity contribution in [1.82, 2.24) is 20.3 Å². The topological polar surface area (TPSA) is 88.1 Å². The largest absolute Gasteiger partial charge is 0.324 e. The molecule has 29 heavy (non-hydrogen) atoms. The summed E-state index contributed by atoms with van der Waals surface area (Å²) >= 11 is 3.15. The highest BCUT2D eigenvalue weighted by molar-refractivity contribution is 7.18. The van der Waals surface area contributed by atoms with Crippen molar-refractivity contribution in [2.24, 2.45) is 0 Å². The van der Waals surface area contributed by atoms with Gasteiger partial charge in [0.1, 0.15) is 16.3 Å². The van der Waals surface area contributed by atoms with Crippen molar-refractivity contribution >= 4 is 50.5 Å². The van der Waals surface area contributed by atoms with E-state index in [1.54, 1.807) is 35.7 Å². The number of fused-ring (bicyclic) bond motifs is 1. The van der Waals surface area contributed by atoms with E-state index in [0.29, 0.717) is 11.6 Å². The van der Waals surface area contributed by atoms with Gasteiger partial charge in [0.05, 0.1) is 5.39 Å². The zero-order chi connectivity index (χ0) is 20.0. The first-order chi connectivity index (χ1) is 14.1. The Kier molecular flexibility index (Phi) is 4.18. The number of hydrogen-bond acceptors (Lipinski definition) is 8. The molecule has 0 atom stereocenters. The second kappa shape index (κ2) is 6.87. The molecule has 0 bridgehead atoms. The van der Waals surface area contributed by atoms with Gasteiger partial charge in [-0.2, -0.15) is 0 Å². The monoisotopic (exact) mass is 419 g/mol. The molecule has 0 aromatic carbocycles. The van der Waals surface area contributed by atoms with Crippen LogP contribution >= 0.6 is 22.7 Å². The van der Waals surface area contributed by atoms with E-state index in [-0.39, 0.29) is 5.70 Å². The summed E-state index contributed by atoms with van der Waals surface area (Å²) in [6, 6.07) is 7.70. The number of thiophene rings is 2. The van der Waals surface area contributed by atoms with Gasteiger partial charge in [0, 0.05) is 46.9 Å². The molecule has 0 saturated heterocycles. The lowest BCUT2D eigenvalue weighted by Gasteiger charge is -2.20. The molecular formula is C20H13N5O2S2. The maximum atomic E-state index is 12.3. The van der Waals surface area contributed by atoms with Gasteiger partial charge in [0.25, 0.3) is 11.8 Å². The highest BCUT2D eigenvalue weighted by Crippen LogP contribution is 2.41. The number of carbonyl (C=O) groups is 2. The predicted octanol–water partition coefficient (Wildman–Crippen LogP) is 3.46. The van der Waals surface area contributed by atoms with Gasteiger partial charge in [0.2, 0.25) is 0 Å². The summed E-state index contributed by atoms with van der Waals surface area (Å²) in [6.45, 7) is 0. The predicted molar refractivity (Wildman–Crippen MR) is 114 cm³/mol. The van der Waals surface area contributed by atoms with Crippen molar-refractivity contribution in [3.8, 4) is 21.8 Å². The zero-order valence-corrected chi connectivity index (χ0v) is 16.8. The molecule has 4 aromatic heterocycles. The Morgan fingerprint density at radius 3 is 2.59 bits per heavy atom. The van der Waals surface area contributed by atoms with E-state index in [1.165, 1.54) is 17.4 Å². The van der Waals surface area contributed by atoms with E-state index >= 15 is 0 Å². The molecule has 0 spiro atoms. The maximum absolute atomic E-state index is 12.3. The smallest absolute Gasteiger partial charge is 0.274 e. The van der Waals surface area contributed by atoms with Crippen LogP contribution in [0.5, 0.6) is 0 Å². The number of amides is 2. The quantitative estimate of drug-likeness (QED) is 0.510. The molecule has 0 fully saturated rings. The van der Waals surface area contributed by atoms with E-state index < -0.39 is 11.8 Å². The number of anilines is 1. The minimum atomic E-state index is -0.442. The zero-order valence-electron chi connectivity index (χ0n) is 15.1. The highest BCUT2D eigenvalue weighted by Gasteiger charge is 2.28. The Balaban J connectivity index is 1.76. The molecular weight excluding hydrogens is 406 g/mol. The van der Waals surface area contributed by atoms with E-state index in [2.05, 4.69) is 10.3 Å². The first-order valence-corrected chi connectivity index (χ1v) is 10.4. The summed E-state index contributed by atoms with van der Waals surface area (Å²) in [5.74, 6) is 0.233. The number of nitrogens with zero attached hydrogens (tertiary/aromatic N) is 4. The third-order valence-electron chi connectivity index (χ3n) is 4.56. The normalized spacial score (nSPS) is 13.6. The molecule has 0 saturated carbocycles. The second-order valence-corrected chi connectivity index (χ2v) is 8.13. The van der Waals surface area contributed by atoms with E-state index in [1.807, 2.05) is 35.0 Å². The van der Waals surface area contributed by atoms with Crippen LogP contribution in [0.2, 0.25) is 0 Å². The van der Waals surface area contributed by atoms with Crippen LogP contribution in [0.1, 0.15) is 0 Å². The van der Waals surface area contributed by atoms with Gasteiger partial charge in [-0.3, -0.25) is 19.9 Å². The lowest BCUT2D eigenvalue weighted by atomic mass is 10.1. The Labute approximate surface area is 173 Å². The van der Waals surface area contributed by atoms with Crippen LogP contribution in [-0.4, -0.2) is 33.8 Å². The maximum Gasteiger partial charge on any atom is 0.274 e. The van der Waals surface area contributed by atoms with Crippen LogP contribution in [0.25, 0.3) is 32.0 Å². The average Bonchev–Trinajstić information content (AvgIpc) is 3.46. The van der Waals surface area contributed by atoms with E-state index in [0.717, 1.165) is 26.2 Å². The molecule has 1 aliphatic heterocycles. The van der Waals surface area contributed by atoms with Crippen LogP contribution in [0.3, 0.4) is 0 Å². The molecule has 4 aromatic rings. The van der Waals surface area contributed by atoms with Gasteiger partial charge in [-0.15, -0.1) is 22.7 Å². The lowest BCUT2D eigenvalue weighted by molar-refractivity contribution is -0.123.